The lowest BCUT2D eigenvalue weighted by atomic mass is 10.1. The smallest absolute Gasteiger partial charge is 0.256 e. The Bertz CT molecular complexity index is 584. The third-order valence-electron chi connectivity index (χ3n) is 2.99. The van der Waals surface area contributed by atoms with Gasteiger partial charge in [0.05, 0.1) is 0 Å². The van der Waals surface area contributed by atoms with Crippen LogP contribution in [0.15, 0.2) is 29.1 Å². The molecule has 17 heavy (non-hydrogen) atoms. The molecule has 0 saturated carbocycles. The molecule has 0 aliphatic rings. The Kier molecular flexibility index (Phi) is 3.29. The normalized spacial score (nSPS) is 11.3. The number of nitrogens with one attached hydrogen (secondary N) is 1. The number of nitrogens with zero attached hydrogens (tertiary/aromatic N) is 1. The molecule has 0 saturated heterocycles. The molecule has 0 aliphatic carbocycles. The molecule has 0 amide bonds. The number of aromatic amines is 1. The van der Waals surface area contributed by atoms with Crippen LogP contribution in [-0.2, 0) is 6.42 Å². The topological polar surface area (TPSA) is 36.1 Å². The monoisotopic (exact) mass is 230 g/mol. The highest BCUT2D eigenvalue weighted by Gasteiger charge is 2.04. The average Bonchev–Trinajstić information content (AvgIpc) is 2.28. The minimum Gasteiger partial charge on any atom is -0.326 e. The van der Waals surface area contributed by atoms with Crippen LogP contribution in [-0.4, -0.2) is 30.5 Å². The van der Waals surface area contributed by atoms with Crippen molar-refractivity contribution >= 4 is 10.8 Å². The van der Waals surface area contributed by atoms with E-state index in [0.717, 1.165) is 35.0 Å². The lowest BCUT2D eigenvalue weighted by Gasteiger charge is -2.10. The fraction of sp³-hybridized carbons (Fsp3) is 0.357. The van der Waals surface area contributed by atoms with E-state index < -0.39 is 0 Å². The summed E-state index contributed by atoms with van der Waals surface area (Å²) in [6, 6.07) is 7.93. The molecule has 1 N–H and O–H groups in total. The van der Waals surface area contributed by atoms with Gasteiger partial charge in [-0.15, -0.1) is 0 Å². The molecule has 1 heterocycles. The molecule has 0 bridgehead atoms. The summed E-state index contributed by atoms with van der Waals surface area (Å²) in [5.41, 5.74) is 2.17. The summed E-state index contributed by atoms with van der Waals surface area (Å²) in [5.74, 6) is 0. The van der Waals surface area contributed by atoms with Gasteiger partial charge in [-0.2, -0.15) is 0 Å². The van der Waals surface area contributed by atoms with Gasteiger partial charge in [0.15, 0.2) is 0 Å². The minimum absolute atomic E-state index is 0.0138. The van der Waals surface area contributed by atoms with Gasteiger partial charge < -0.3 is 9.88 Å². The zero-order chi connectivity index (χ0) is 12.4. The number of H-pyrrole nitrogens is 1. The van der Waals surface area contributed by atoms with Crippen LogP contribution in [0.25, 0.3) is 10.8 Å². The molecule has 0 aliphatic heterocycles. The summed E-state index contributed by atoms with van der Waals surface area (Å²) in [5, 5.41) is 1.84. The average molecular weight is 230 g/mol. The van der Waals surface area contributed by atoms with E-state index in [1.165, 1.54) is 0 Å². The van der Waals surface area contributed by atoms with Crippen LogP contribution in [0.5, 0.6) is 0 Å². The molecule has 0 atom stereocenters. The van der Waals surface area contributed by atoms with E-state index in [1.54, 1.807) is 0 Å². The Hall–Kier alpha value is -1.61. The Morgan fingerprint density at radius 1 is 1.24 bits per heavy atom. The predicted octanol–water partition coefficient (Wildman–Crippen LogP) is 1.94. The van der Waals surface area contributed by atoms with Gasteiger partial charge >= 0.3 is 0 Å². The third kappa shape index (κ3) is 2.56. The van der Waals surface area contributed by atoms with Crippen molar-refractivity contribution in [2.75, 3.05) is 20.6 Å². The first-order valence-corrected chi connectivity index (χ1v) is 5.84. The highest BCUT2D eigenvalue weighted by Crippen LogP contribution is 2.15. The molecule has 0 radical (unpaired) electrons. The van der Waals surface area contributed by atoms with Gasteiger partial charge in [-0.3, -0.25) is 4.79 Å². The number of benzene rings is 1. The maximum absolute atomic E-state index is 11.9. The van der Waals surface area contributed by atoms with Gasteiger partial charge in [0.25, 0.3) is 5.56 Å². The molecule has 90 valence electrons. The zero-order valence-electron chi connectivity index (χ0n) is 10.6. The van der Waals surface area contributed by atoms with Gasteiger partial charge in [-0.1, -0.05) is 12.1 Å². The van der Waals surface area contributed by atoms with E-state index in [-0.39, 0.29) is 5.56 Å². The number of hydrogen-bond donors (Lipinski definition) is 1. The first-order chi connectivity index (χ1) is 8.08. The number of aromatic nitrogens is 1. The fourth-order valence-electron chi connectivity index (χ4n) is 1.97. The van der Waals surface area contributed by atoms with Crippen molar-refractivity contribution in [1.29, 1.82) is 0 Å². The summed E-state index contributed by atoms with van der Waals surface area (Å²) >= 11 is 0. The van der Waals surface area contributed by atoms with Crippen LogP contribution >= 0.6 is 0 Å². The second-order valence-corrected chi connectivity index (χ2v) is 4.71. The molecule has 2 aromatic rings. The Labute approximate surface area is 101 Å². The summed E-state index contributed by atoms with van der Waals surface area (Å²) in [7, 11) is 4.06. The van der Waals surface area contributed by atoms with Crippen molar-refractivity contribution in [2.45, 2.75) is 13.3 Å². The SMILES string of the molecule is Cc1cccc2c(=O)[nH]c(CCN(C)C)cc12. The van der Waals surface area contributed by atoms with Crippen molar-refractivity contribution in [3.63, 3.8) is 0 Å². The summed E-state index contributed by atoms with van der Waals surface area (Å²) < 4.78 is 0. The Morgan fingerprint density at radius 2 is 2.00 bits per heavy atom. The first kappa shape index (κ1) is 11.9. The molecule has 3 nitrogen and oxygen atoms in total. The molecule has 0 fully saturated rings. The van der Waals surface area contributed by atoms with Crippen LogP contribution in [0.3, 0.4) is 0 Å². The highest BCUT2D eigenvalue weighted by atomic mass is 16.1. The standard InChI is InChI=1S/C14H18N2O/c1-10-5-4-6-12-13(10)9-11(15-14(12)17)7-8-16(2)3/h4-6,9H,7-8H2,1-3H3,(H,15,17). The molecule has 3 heteroatoms. The molecule has 0 unspecified atom stereocenters. The number of pyridine rings is 1. The maximum Gasteiger partial charge on any atom is 0.256 e. The first-order valence-electron chi connectivity index (χ1n) is 5.84. The van der Waals surface area contributed by atoms with E-state index in [2.05, 4.69) is 16.0 Å². The Morgan fingerprint density at radius 3 is 2.71 bits per heavy atom. The predicted molar refractivity (Wildman–Crippen MR) is 71.6 cm³/mol. The van der Waals surface area contributed by atoms with Crippen LogP contribution < -0.4 is 5.56 Å². The number of hydrogen-bond acceptors (Lipinski definition) is 2. The lowest BCUT2D eigenvalue weighted by Crippen LogP contribution is -2.18. The molecule has 2 rings (SSSR count). The maximum atomic E-state index is 11.9. The van der Waals surface area contributed by atoms with Gasteiger partial charge in [0, 0.05) is 24.0 Å². The molecular weight excluding hydrogens is 212 g/mol. The van der Waals surface area contributed by atoms with Gasteiger partial charge in [-0.05, 0) is 44.1 Å². The highest BCUT2D eigenvalue weighted by molar-refractivity contribution is 5.84. The van der Waals surface area contributed by atoms with E-state index in [4.69, 9.17) is 0 Å². The van der Waals surface area contributed by atoms with Crippen molar-refractivity contribution < 1.29 is 0 Å². The van der Waals surface area contributed by atoms with Gasteiger partial charge in [0.2, 0.25) is 0 Å². The van der Waals surface area contributed by atoms with Crippen LogP contribution in [0.4, 0.5) is 0 Å². The molecular formula is C14H18N2O. The summed E-state index contributed by atoms with van der Waals surface area (Å²) in [4.78, 5) is 17.0. The number of fused-ring (bicyclic) bond motifs is 1. The van der Waals surface area contributed by atoms with Crippen molar-refractivity contribution in [3.05, 3.63) is 45.9 Å². The van der Waals surface area contributed by atoms with Crippen LogP contribution in [0.1, 0.15) is 11.3 Å². The van der Waals surface area contributed by atoms with Crippen molar-refractivity contribution in [3.8, 4) is 0 Å². The lowest BCUT2D eigenvalue weighted by molar-refractivity contribution is 0.412. The fourth-order valence-corrected chi connectivity index (χ4v) is 1.97. The second-order valence-electron chi connectivity index (χ2n) is 4.71. The third-order valence-corrected chi connectivity index (χ3v) is 2.99. The van der Waals surface area contributed by atoms with E-state index in [9.17, 15) is 4.79 Å². The molecule has 0 spiro atoms. The van der Waals surface area contributed by atoms with E-state index >= 15 is 0 Å². The number of rotatable bonds is 3. The zero-order valence-corrected chi connectivity index (χ0v) is 10.6. The van der Waals surface area contributed by atoms with Crippen molar-refractivity contribution in [1.82, 2.24) is 9.88 Å². The van der Waals surface area contributed by atoms with Crippen LogP contribution in [0, 0.1) is 6.92 Å². The Balaban J connectivity index is 2.47. The summed E-state index contributed by atoms with van der Waals surface area (Å²) in [6.45, 7) is 2.98. The summed E-state index contributed by atoms with van der Waals surface area (Å²) in [6.07, 6.45) is 0.868. The van der Waals surface area contributed by atoms with Gasteiger partial charge in [0.1, 0.15) is 0 Å². The van der Waals surface area contributed by atoms with E-state index in [1.807, 2.05) is 39.2 Å². The van der Waals surface area contributed by atoms with Crippen molar-refractivity contribution in [2.24, 2.45) is 0 Å². The number of aryl methyl sites for hydroxylation is 1. The largest absolute Gasteiger partial charge is 0.326 e. The second kappa shape index (κ2) is 4.72. The quantitative estimate of drug-likeness (QED) is 0.874. The van der Waals surface area contributed by atoms with E-state index in [0.29, 0.717) is 0 Å². The number of likely N-dealkylation sites (N-methyl/N-ethyl adjacent to an activating group) is 1. The minimum atomic E-state index is 0.0138. The van der Waals surface area contributed by atoms with Crippen LogP contribution in [0.2, 0.25) is 0 Å². The van der Waals surface area contributed by atoms with Gasteiger partial charge in [-0.25, -0.2) is 0 Å². The molecule has 1 aromatic carbocycles. The molecule has 1 aromatic heterocycles.